The second-order valence-corrected chi connectivity index (χ2v) is 4.31. The molecule has 4 nitrogen and oxygen atoms in total. The normalized spacial score (nSPS) is 10.6. The summed E-state index contributed by atoms with van der Waals surface area (Å²) in [4.78, 5) is 8.48. The number of rotatable bonds is 3. The van der Waals surface area contributed by atoms with Crippen molar-refractivity contribution < 1.29 is 0 Å². The summed E-state index contributed by atoms with van der Waals surface area (Å²) in [7, 11) is 0. The molecule has 0 aliphatic heterocycles. The van der Waals surface area contributed by atoms with Gasteiger partial charge in [-0.15, -0.1) is 11.6 Å². The number of aromatic nitrogens is 4. The third-order valence-corrected chi connectivity index (χ3v) is 3.01. The van der Waals surface area contributed by atoms with Gasteiger partial charge in [-0.2, -0.15) is 5.10 Å². The first-order chi connectivity index (χ1) is 9.36. The first-order valence-electron chi connectivity index (χ1n) is 5.84. The maximum Gasteiger partial charge on any atom is 0.172 e. The van der Waals surface area contributed by atoms with Gasteiger partial charge in [-0.3, -0.25) is 4.98 Å². The highest BCUT2D eigenvalue weighted by Gasteiger charge is 2.05. The van der Waals surface area contributed by atoms with E-state index >= 15 is 0 Å². The van der Waals surface area contributed by atoms with E-state index in [1.807, 2.05) is 42.7 Å². The molecule has 0 aliphatic carbocycles. The van der Waals surface area contributed by atoms with Crippen LogP contribution >= 0.6 is 11.6 Å². The number of benzene rings is 1. The highest BCUT2D eigenvalue weighted by Crippen LogP contribution is 2.18. The summed E-state index contributed by atoms with van der Waals surface area (Å²) in [5.74, 6) is 1.01. The SMILES string of the molecule is ClCc1cncc(-n2cc(-c3ccccc3)cn2)n1. The van der Waals surface area contributed by atoms with Crippen LogP contribution < -0.4 is 0 Å². The minimum absolute atomic E-state index is 0.341. The van der Waals surface area contributed by atoms with Crippen molar-refractivity contribution in [2.24, 2.45) is 0 Å². The summed E-state index contributed by atoms with van der Waals surface area (Å²) in [5.41, 5.74) is 2.89. The fourth-order valence-corrected chi connectivity index (χ4v) is 1.93. The Balaban J connectivity index is 1.97. The molecule has 2 aromatic heterocycles. The van der Waals surface area contributed by atoms with Gasteiger partial charge in [0.15, 0.2) is 5.82 Å². The molecule has 0 fully saturated rings. The van der Waals surface area contributed by atoms with Gasteiger partial charge in [0.05, 0.1) is 24.0 Å². The van der Waals surface area contributed by atoms with E-state index in [1.165, 1.54) is 0 Å². The lowest BCUT2D eigenvalue weighted by atomic mass is 10.1. The lowest BCUT2D eigenvalue weighted by Crippen LogP contribution is -2.00. The number of nitrogens with zero attached hydrogens (tertiary/aromatic N) is 4. The minimum atomic E-state index is 0.341. The number of alkyl halides is 1. The standard InChI is InChI=1S/C14H11ClN4/c15-6-13-8-16-9-14(18-13)19-10-12(7-17-19)11-4-2-1-3-5-11/h1-5,7-10H,6H2. The van der Waals surface area contributed by atoms with Crippen LogP contribution in [-0.2, 0) is 5.88 Å². The quantitative estimate of drug-likeness (QED) is 0.687. The highest BCUT2D eigenvalue weighted by atomic mass is 35.5. The summed E-state index contributed by atoms with van der Waals surface area (Å²) in [6.07, 6.45) is 7.05. The van der Waals surface area contributed by atoms with E-state index in [4.69, 9.17) is 11.6 Å². The topological polar surface area (TPSA) is 43.6 Å². The van der Waals surface area contributed by atoms with Crippen LogP contribution in [0.5, 0.6) is 0 Å². The fraction of sp³-hybridized carbons (Fsp3) is 0.0714. The molecule has 0 amide bonds. The van der Waals surface area contributed by atoms with Gasteiger partial charge in [-0.25, -0.2) is 9.67 Å². The predicted molar refractivity (Wildman–Crippen MR) is 74.1 cm³/mol. The van der Waals surface area contributed by atoms with Crippen LogP contribution in [0.15, 0.2) is 55.1 Å². The van der Waals surface area contributed by atoms with Crippen LogP contribution in [0, 0.1) is 0 Å². The van der Waals surface area contributed by atoms with E-state index in [0.717, 1.165) is 16.8 Å². The molecule has 0 unspecified atom stereocenters. The Morgan fingerprint density at radius 1 is 1.00 bits per heavy atom. The van der Waals surface area contributed by atoms with E-state index in [2.05, 4.69) is 15.1 Å². The second-order valence-electron chi connectivity index (χ2n) is 4.04. The summed E-state index contributed by atoms with van der Waals surface area (Å²) < 4.78 is 1.70. The number of halogens is 1. The predicted octanol–water partition coefficient (Wildman–Crippen LogP) is 3.07. The van der Waals surface area contributed by atoms with Crippen molar-refractivity contribution in [3.8, 4) is 16.9 Å². The van der Waals surface area contributed by atoms with Crippen molar-refractivity contribution >= 4 is 11.6 Å². The largest absolute Gasteiger partial charge is 0.259 e. The average molecular weight is 271 g/mol. The molecular formula is C14H11ClN4. The van der Waals surface area contributed by atoms with E-state index in [-0.39, 0.29) is 0 Å². The molecule has 1 aromatic carbocycles. The average Bonchev–Trinajstić information content (AvgIpc) is 2.98. The van der Waals surface area contributed by atoms with Crippen molar-refractivity contribution in [1.29, 1.82) is 0 Å². The zero-order valence-corrected chi connectivity index (χ0v) is 10.8. The van der Waals surface area contributed by atoms with Gasteiger partial charge in [0.1, 0.15) is 0 Å². The van der Waals surface area contributed by atoms with Crippen LogP contribution in [0.25, 0.3) is 16.9 Å². The van der Waals surface area contributed by atoms with E-state index in [1.54, 1.807) is 17.1 Å². The Morgan fingerprint density at radius 2 is 1.84 bits per heavy atom. The molecule has 0 aliphatic rings. The molecule has 0 N–H and O–H groups in total. The van der Waals surface area contributed by atoms with Crippen LogP contribution in [0.4, 0.5) is 0 Å². The zero-order valence-electron chi connectivity index (χ0n) is 10.1. The van der Waals surface area contributed by atoms with Crippen LogP contribution in [0.3, 0.4) is 0 Å². The molecule has 19 heavy (non-hydrogen) atoms. The molecule has 0 atom stereocenters. The molecule has 3 aromatic rings. The zero-order chi connectivity index (χ0) is 13.1. The van der Waals surface area contributed by atoms with Gasteiger partial charge in [-0.05, 0) is 5.56 Å². The van der Waals surface area contributed by atoms with Gasteiger partial charge in [0.25, 0.3) is 0 Å². The van der Waals surface area contributed by atoms with Gasteiger partial charge in [0.2, 0.25) is 0 Å². The van der Waals surface area contributed by atoms with Gasteiger partial charge in [-0.1, -0.05) is 30.3 Å². The van der Waals surface area contributed by atoms with Gasteiger partial charge in [0, 0.05) is 18.0 Å². The molecule has 0 saturated heterocycles. The first-order valence-corrected chi connectivity index (χ1v) is 6.37. The van der Waals surface area contributed by atoms with Crippen molar-refractivity contribution in [1.82, 2.24) is 19.7 Å². The van der Waals surface area contributed by atoms with E-state index in [0.29, 0.717) is 11.7 Å². The van der Waals surface area contributed by atoms with Crippen molar-refractivity contribution in [2.75, 3.05) is 0 Å². The summed E-state index contributed by atoms with van der Waals surface area (Å²) in [5, 5.41) is 4.31. The van der Waals surface area contributed by atoms with E-state index in [9.17, 15) is 0 Å². The molecule has 0 bridgehead atoms. The Bertz CT molecular complexity index is 679. The highest BCUT2D eigenvalue weighted by molar-refractivity contribution is 6.16. The van der Waals surface area contributed by atoms with Crippen molar-refractivity contribution in [3.05, 3.63) is 60.8 Å². The lowest BCUT2D eigenvalue weighted by Gasteiger charge is -2.01. The molecule has 0 saturated carbocycles. The van der Waals surface area contributed by atoms with Gasteiger partial charge >= 0.3 is 0 Å². The molecule has 94 valence electrons. The third-order valence-electron chi connectivity index (χ3n) is 2.73. The minimum Gasteiger partial charge on any atom is -0.259 e. The third kappa shape index (κ3) is 2.48. The van der Waals surface area contributed by atoms with E-state index < -0.39 is 0 Å². The number of hydrogen-bond donors (Lipinski definition) is 0. The smallest absolute Gasteiger partial charge is 0.172 e. The molecule has 3 rings (SSSR count). The second kappa shape index (κ2) is 5.20. The Morgan fingerprint density at radius 3 is 2.63 bits per heavy atom. The fourth-order valence-electron chi connectivity index (χ4n) is 1.80. The summed E-state index contributed by atoms with van der Waals surface area (Å²) in [6, 6.07) is 10.1. The van der Waals surface area contributed by atoms with Gasteiger partial charge < -0.3 is 0 Å². The molecule has 2 heterocycles. The maximum absolute atomic E-state index is 5.76. The Hall–Kier alpha value is -2.20. The summed E-state index contributed by atoms with van der Waals surface area (Å²) in [6.45, 7) is 0. The molecular weight excluding hydrogens is 260 g/mol. The van der Waals surface area contributed by atoms with Crippen molar-refractivity contribution in [3.63, 3.8) is 0 Å². The Labute approximate surface area is 115 Å². The monoisotopic (exact) mass is 270 g/mol. The van der Waals surface area contributed by atoms with Crippen LogP contribution in [-0.4, -0.2) is 19.7 Å². The maximum atomic E-state index is 5.76. The first kappa shape index (κ1) is 11.9. The lowest BCUT2D eigenvalue weighted by molar-refractivity contribution is 0.828. The Kier molecular flexibility index (Phi) is 3.25. The molecule has 0 spiro atoms. The molecule has 5 heteroatoms. The molecule has 0 radical (unpaired) electrons. The summed E-state index contributed by atoms with van der Waals surface area (Å²) >= 11 is 5.76. The van der Waals surface area contributed by atoms with Crippen molar-refractivity contribution in [2.45, 2.75) is 5.88 Å². The van der Waals surface area contributed by atoms with Crippen LogP contribution in [0.1, 0.15) is 5.69 Å². The number of hydrogen-bond acceptors (Lipinski definition) is 3. The van der Waals surface area contributed by atoms with Crippen LogP contribution in [0.2, 0.25) is 0 Å².